The van der Waals surface area contributed by atoms with Crippen LogP contribution >= 0.6 is 11.6 Å². The molecule has 146 valence electrons. The standard InChI is InChI=1S/C22H21ClFNO3/c1-3-4-11-27-22(26)14(2)28-16-6-8-19-17(9-10-25-21(19)13-16)18-7-5-15(24)12-20(18)23/h5-10,12-14H,3-4,11H2,1-2H3. The summed E-state index contributed by atoms with van der Waals surface area (Å²) in [7, 11) is 0. The third-order valence-electron chi connectivity index (χ3n) is 4.32. The van der Waals surface area contributed by atoms with E-state index in [9.17, 15) is 9.18 Å². The number of carbonyl (C=O) groups is 1. The van der Waals surface area contributed by atoms with Crippen LogP contribution in [-0.4, -0.2) is 23.7 Å². The van der Waals surface area contributed by atoms with Crippen LogP contribution in [0.1, 0.15) is 26.7 Å². The van der Waals surface area contributed by atoms with Crippen LogP contribution in [0.15, 0.2) is 48.7 Å². The number of nitrogens with zero attached hydrogens (tertiary/aromatic N) is 1. The zero-order valence-electron chi connectivity index (χ0n) is 15.7. The fourth-order valence-corrected chi connectivity index (χ4v) is 3.10. The molecule has 1 aromatic heterocycles. The van der Waals surface area contributed by atoms with E-state index in [-0.39, 0.29) is 5.82 Å². The van der Waals surface area contributed by atoms with Crippen molar-refractivity contribution in [3.63, 3.8) is 0 Å². The number of esters is 1. The monoisotopic (exact) mass is 401 g/mol. The molecule has 0 saturated carbocycles. The molecule has 2 aromatic carbocycles. The minimum atomic E-state index is -0.718. The van der Waals surface area contributed by atoms with Crippen LogP contribution in [-0.2, 0) is 9.53 Å². The first-order valence-corrected chi connectivity index (χ1v) is 9.55. The van der Waals surface area contributed by atoms with Crippen molar-refractivity contribution in [3.8, 4) is 16.9 Å². The molecule has 3 aromatic rings. The number of benzene rings is 2. The van der Waals surface area contributed by atoms with Gasteiger partial charge in [0.15, 0.2) is 6.10 Å². The number of pyridine rings is 1. The van der Waals surface area contributed by atoms with Crippen molar-refractivity contribution < 1.29 is 18.7 Å². The Hall–Kier alpha value is -2.66. The SMILES string of the molecule is CCCCOC(=O)C(C)Oc1ccc2c(-c3ccc(F)cc3Cl)ccnc2c1. The minimum absolute atomic E-state index is 0.330. The van der Waals surface area contributed by atoms with Gasteiger partial charge in [-0.25, -0.2) is 9.18 Å². The second-order valence-corrected chi connectivity index (χ2v) is 6.85. The van der Waals surface area contributed by atoms with Gasteiger partial charge < -0.3 is 9.47 Å². The van der Waals surface area contributed by atoms with E-state index in [4.69, 9.17) is 21.1 Å². The molecule has 0 aliphatic heterocycles. The summed E-state index contributed by atoms with van der Waals surface area (Å²) in [5, 5.41) is 1.18. The Kier molecular flexibility index (Phi) is 6.47. The van der Waals surface area contributed by atoms with E-state index in [1.807, 2.05) is 19.1 Å². The van der Waals surface area contributed by atoms with Crippen molar-refractivity contribution in [2.24, 2.45) is 0 Å². The first kappa shape index (κ1) is 20.1. The van der Waals surface area contributed by atoms with Crippen molar-refractivity contribution in [1.82, 2.24) is 4.98 Å². The molecule has 0 aliphatic carbocycles. The number of hydrogen-bond donors (Lipinski definition) is 0. The topological polar surface area (TPSA) is 48.4 Å². The van der Waals surface area contributed by atoms with E-state index in [0.717, 1.165) is 29.4 Å². The largest absolute Gasteiger partial charge is 0.479 e. The number of aromatic nitrogens is 1. The van der Waals surface area contributed by atoms with E-state index >= 15 is 0 Å². The van der Waals surface area contributed by atoms with E-state index in [1.54, 1.807) is 31.3 Å². The summed E-state index contributed by atoms with van der Waals surface area (Å²) in [6, 6.07) is 11.5. The molecule has 0 bridgehead atoms. The first-order chi connectivity index (χ1) is 13.5. The normalized spacial score (nSPS) is 12.0. The van der Waals surface area contributed by atoms with Crippen molar-refractivity contribution in [3.05, 3.63) is 59.5 Å². The van der Waals surface area contributed by atoms with Gasteiger partial charge in [-0.1, -0.05) is 24.9 Å². The van der Waals surface area contributed by atoms with Gasteiger partial charge in [-0.2, -0.15) is 0 Å². The molecule has 28 heavy (non-hydrogen) atoms. The Bertz CT molecular complexity index is 993. The number of unbranched alkanes of at least 4 members (excludes halogenated alkanes) is 1. The molecule has 1 atom stereocenters. The fourth-order valence-electron chi connectivity index (χ4n) is 2.83. The minimum Gasteiger partial charge on any atom is -0.479 e. The summed E-state index contributed by atoms with van der Waals surface area (Å²) in [4.78, 5) is 16.4. The van der Waals surface area contributed by atoms with Gasteiger partial charge in [0.2, 0.25) is 0 Å². The fraction of sp³-hybridized carbons (Fsp3) is 0.273. The van der Waals surface area contributed by atoms with Crippen molar-refractivity contribution in [2.45, 2.75) is 32.8 Å². The van der Waals surface area contributed by atoms with Crippen molar-refractivity contribution in [1.29, 1.82) is 0 Å². The summed E-state index contributed by atoms with van der Waals surface area (Å²) in [5.74, 6) is -0.266. The van der Waals surface area contributed by atoms with Crippen LogP contribution in [0.3, 0.4) is 0 Å². The number of carbonyl (C=O) groups excluding carboxylic acids is 1. The van der Waals surface area contributed by atoms with Crippen LogP contribution < -0.4 is 4.74 Å². The predicted molar refractivity (Wildman–Crippen MR) is 108 cm³/mol. The lowest BCUT2D eigenvalue weighted by Crippen LogP contribution is -2.26. The summed E-state index contributed by atoms with van der Waals surface area (Å²) in [5.41, 5.74) is 2.24. The second-order valence-electron chi connectivity index (χ2n) is 6.44. The summed E-state index contributed by atoms with van der Waals surface area (Å²) < 4.78 is 24.3. The summed E-state index contributed by atoms with van der Waals surface area (Å²) >= 11 is 6.22. The van der Waals surface area contributed by atoms with Crippen LogP contribution in [0.25, 0.3) is 22.0 Å². The highest BCUT2D eigenvalue weighted by molar-refractivity contribution is 6.33. The smallest absolute Gasteiger partial charge is 0.347 e. The van der Waals surface area contributed by atoms with Gasteiger partial charge in [-0.15, -0.1) is 0 Å². The lowest BCUT2D eigenvalue weighted by Gasteiger charge is -2.15. The Morgan fingerprint density at radius 3 is 2.75 bits per heavy atom. The third kappa shape index (κ3) is 4.60. The second kappa shape index (κ2) is 9.02. The molecule has 0 aliphatic rings. The predicted octanol–water partition coefficient (Wildman–Crippen LogP) is 5.80. The van der Waals surface area contributed by atoms with E-state index < -0.39 is 12.1 Å². The lowest BCUT2D eigenvalue weighted by atomic mass is 10.0. The van der Waals surface area contributed by atoms with Crippen LogP contribution in [0.2, 0.25) is 5.02 Å². The molecule has 0 N–H and O–H groups in total. The lowest BCUT2D eigenvalue weighted by molar-refractivity contribution is -0.151. The Balaban J connectivity index is 1.84. The summed E-state index contributed by atoms with van der Waals surface area (Å²) in [6.07, 6.45) is 2.72. The quantitative estimate of drug-likeness (QED) is 0.370. The number of hydrogen-bond acceptors (Lipinski definition) is 4. The van der Waals surface area contributed by atoms with Gasteiger partial charge in [-0.05, 0) is 55.3 Å². The molecule has 0 radical (unpaired) electrons. The van der Waals surface area contributed by atoms with Gasteiger partial charge in [0.25, 0.3) is 0 Å². The zero-order valence-corrected chi connectivity index (χ0v) is 16.5. The molecule has 4 nitrogen and oxygen atoms in total. The molecule has 6 heteroatoms. The Labute approximate surface area is 168 Å². The van der Waals surface area contributed by atoms with Gasteiger partial charge in [-0.3, -0.25) is 4.98 Å². The van der Waals surface area contributed by atoms with Gasteiger partial charge in [0.05, 0.1) is 17.1 Å². The van der Waals surface area contributed by atoms with Gasteiger partial charge in [0.1, 0.15) is 11.6 Å². The third-order valence-corrected chi connectivity index (χ3v) is 4.64. The average Bonchev–Trinajstić information content (AvgIpc) is 2.67. The highest BCUT2D eigenvalue weighted by Gasteiger charge is 2.17. The maximum absolute atomic E-state index is 13.4. The van der Waals surface area contributed by atoms with Gasteiger partial charge >= 0.3 is 5.97 Å². The molecular formula is C22H21ClFNO3. The van der Waals surface area contributed by atoms with Crippen LogP contribution in [0, 0.1) is 5.82 Å². The molecule has 0 spiro atoms. The van der Waals surface area contributed by atoms with E-state index in [2.05, 4.69) is 4.98 Å². The maximum atomic E-state index is 13.4. The number of ether oxygens (including phenoxy) is 2. The highest BCUT2D eigenvalue weighted by atomic mass is 35.5. The van der Waals surface area contributed by atoms with Gasteiger partial charge in [0, 0.05) is 23.2 Å². The Morgan fingerprint density at radius 1 is 1.18 bits per heavy atom. The molecule has 0 fully saturated rings. The van der Waals surface area contributed by atoms with Crippen LogP contribution in [0.4, 0.5) is 4.39 Å². The number of fused-ring (bicyclic) bond motifs is 1. The number of halogens is 2. The van der Waals surface area contributed by atoms with Crippen molar-refractivity contribution in [2.75, 3.05) is 6.61 Å². The molecule has 1 heterocycles. The maximum Gasteiger partial charge on any atom is 0.347 e. The van der Waals surface area contributed by atoms with E-state index in [0.29, 0.717) is 22.9 Å². The molecule has 0 saturated heterocycles. The number of rotatable bonds is 7. The zero-order chi connectivity index (χ0) is 20.1. The van der Waals surface area contributed by atoms with Crippen molar-refractivity contribution >= 4 is 28.5 Å². The average molecular weight is 402 g/mol. The van der Waals surface area contributed by atoms with E-state index in [1.165, 1.54) is 12.1 Å². The molecule has 3 rings (SSSR count). The summed E-state index contributed by atoms with van der Waals surface area (Å²) in [6.45, 7) is 4.08. The molecular weight excluding hydrogens is 381 g/mol. The highest BCUT2D eigenvalue weighted by Crippen LogP contribution is 2.34. The first-order valence-electron chi connectivity index (χ1n) is 9.17. The Morgan fingerprint density at radius 2 is 2.00 bits per heavy atom. The molecule has 1 unspecified atom stereocenters. The molecule has 0 amide bonds. The van der Waals surface area contributed by atoms with Crippen LogP contribution in [0.5, 0.6) is 5.75 Å².